The molecule has 1 atom stereocenters. The zero-order chi connectivity index (χ0) is 24.9. The monoisotopic (exact) mass is 472 g/mol. The van der Waals surface area contributed by atoms with Gasteiger partial charge in [-0.25, -0.2) is 9.59 Å². The summed E-state index contributed by atoms with van der Waals surface area (Å²) in [5.74, 6) is -1.76. The van der Waals surface area contributed by atoms with E-state index in [1.165, 1.54) is 11.0 Å². The number of rotatable bonds is 8. The second kappa shape index (κ2) is 10.4. The van der Waals surface area contributed by atoms with Gasteiger partial charge < -0.3 is 20.1 Å². The number of para-hydroxylation sites is 1. The van der Waals surface area contributed by atoms with E-state index in [-0.39, 0.29) is 30.5 Å². The second-order valence-electron chi connectivity index (χ2n) is 8.66. The molecule has 0 heterocycles. The van der Waals surface area contributed by atoms with E-state index in [0.717, 1.165) is 22.3 Å². The van der Waals surface area contributed by atoms with Crippen molar-refractivity contribution in [1.29, 1.82) is 0 Å². The first-order valence-electron chi connectivity index (χ1n) is 11.6. The lowest BCUT2D eigenvalue weighted by atomic mass is 9.98. The third kappa shape index (κ3) is 5.04. The predicted molar refractivity (Wildman–Crippen MR) is 134 cm³/mol. The van der Waals surface area contributed by atoms with Crippen molar-refractivity contribution in [2.75, 3.05) is 25.1 Å². The molecule has 0 aromatic heterocycles. The lowest BCUT2D eigenvalue weighted by molar-refractivity contribution is -0.121. The van der Waals surface area contributed by atoms with Crippen LogP contribution < -0.4 is 10.2 Å². The van der Waals surface area contributed by atoms with Crippen LogP contribution in [0.5, 0.6) is 0 Å². The van der Waals surface area contributed by atoms with E-state index in [4.69, 9.17) is 4.74 Å². The molecule has 0 radical (unpaired) electrons. The summed E-state index contributed by atoms with van der Waals surface area (Å²) in [7, 11) is 1.56. The van der Waals surface area contributed by atoms with Crippen molar-refractivity contribution >= 4 is 23.7 Å². The zero-order valence-electron chi connectivity index (χ0n) is 19.7. The van der Waals surface area contributed by atoms with E-state index in [1.807, 2.05) is 24.3 Å². The van der Waals surface area contributed by atoms with Gasteiger partial charge in [0.15, 0.2) is 0 Å². The first kappa shape index (κ1) is 24.0. The van der Waals surface area contributed by atoms with Gasteiger partial charge in [-0.2, -0.15) is 0 Å². The normalized spacial score (nSPS) is 12.9. The van der Waals surface area contributed by atoms with Crippen molar-refractivity contribution in [3.8, 4) is 11.1 Å². The van der Waals surface area contributed by atoms with E-state index in [1.54, 1.807) is 32.2 Å². The molecule has 0 fully saturated rings. The van der Waals surface area contributed by atoms with Gasteiger partial charge in [-0.15, -0.1) is 0 Å². The number of aromatic carboxylic acids is 1. The molecule has 3 aromatic carbocycles. The van der Waals surface area contributed by atoms with Crippen LogP contribution in [0.2, 0.25) is 0 Å². The van der Waals surface area contributed by atoms with Crippen LogP contribution in [0.3, 0.4) is 0 Å². The first-order valence-corrected chi connectivity index (χ1v) is 11.6. The number of hydrogen-bond donors (Lipinski definition) is 2. The largest absolute Gasteiger partial charge is 0.478 e. The summed E-state index contributed by atoms with van der Waals surface area (Å²) in [5, 5.41) is 12.1. The minimum Gasteiger partial charge on any atom is -0.478 e. The molecular formula is C28H28N2O5. The van der Waals surface area contributed by atoms with Crippen molar-refractivity contribution in [3.05, 3.63) is 89.5 Å². The Morgan fingerprint density at radius 2 is 1.51 bits per heavy atom. The van der Waals surface area contributed by atoms with E-state index >= 15 is 0 Å². The summed E-state index contributed by atoms with van der Waals surface area (Å²) in [4.78, 5) is 38.0. The number of benzene rings is 3. The molecule has 0 aliphatic heterocycles. The van der Waals surface area contributed by atoms with Crippen LogP contribution in [0.1, 0.15) is 40.7 Å². The number of alkyl carbamates (subject to hydrolysis) is 1. The van der Waals surface area contributed by atoms with Gasteiger partial charge in [0, 0.05) is 25.4 Å². The average Bonchev–Trinajstić information content (AvgIpc) is 3.20. The highest BCUT2D eigenvalue weighted by Crippen LogP contribution is 2.44. The molecule has 4 rings (SSSR count). The van der Waals surface area contributed by atoms with Crippen LogP contribution in [0.25, 0.3) is 11.1 Å². The highest BCUT2D eigenvalue weighted by molar-refractivity contribution is 6.02. The van der Waals surface area contributed by atoms with E-state index in [0.29, 0.717) is 12.1 Å². The molecular weight excluding hydrogens is 444 g/mol. The van der Waals surface area contributed by atoms with Gasteiger partial charge in [0.2, 0.25) is 5.91 Å². The highest BCUT2D eigenvalue weighted by Gasteiger charge is 2.29. The summed E-state index contributed by atoms with van der Waals surface area (Å²) in [6.45, 7) is 2.24. The number of nitrogens with zero attached hydrogens (tertiary/aromatic N) is 1. The topological polar surface area (TPSA) is 95.9 Å². The van der Waals surface area contributed by atoms with Gasteiger partial charge >= 0.3 is 12.1 Å². The molecule has 2 amide bonds. The molecule has 7 nitrogen and oxygen atoms in total. The van der Waals surface area contributed by atoms with Crippen LogP contribution in [0.15, 0.2) is 72.8 Å². The zero-order valence-corrected chi connectivity index (χ0v) is 19.7. The maximum atomic E-state index is 12.8. The number of carboxylic acids is 1. The number of carbonyl (C=O) groups is 3. The maximum absolute atomic E-state index is 12.8. The van der Waals surface area contributed by atoms with Crippen molar-refractivity contribution in [1.82, 2.24) is 5.32 Å². The fourth-order valence-electron chi connectivity index (χ4n) is 4.56. The number of carbonyl (C=O) groups excluding carboxylic acids is 2. The molecule has 0 bridgehead atoms. The van der Waals surface area contributed by atoms with E-state index in [9.17, 15) is 19.5 Å². The SMILES string of the molecule is CC(CCNC(=O)OCC1c2ccccc2-c2ccccc21)C(=O)N(C)c1ccccc1C(=O)O. The molecule has 1 aliphatic rings. The predicted octanol–water partition coefficient (Wildman–Crippen LogP) is 4.91. The molecule has 0 saturated heterocycles. The summed E-state index contributed by atoms with van der Waals surface area (Å²) in [6, 6.07) is 22.6. The molecule has 180 valence electrons. The molecule has 1 unspecified atom stereocenters. The van der Waals surface area contributed by atoms with Crippen molar-refractivity contribution in [2.45, 2.75) is 19.3 Å². The molecule has 0 saturated carbocycles. The van der Waals surface area contributed by atoms with Gasteiger partial charge in [-0.1, -0.05) is 67.6 Å². The Hall–Kier alpha value is -4.13. The number of nitrogens with one attached hydrogen (secondary N) is 1. The van der Waals surface area contributed by atoms with Gasteiger partial charge in [-0.3, -0.25) is 4.79 Å². The Kier molecular flexibility index (Phi) is 7.15. The summed E-state index contributed by atoms with van der Waals surface area (Å²) < 4.78 is 5.53. The number of hydrogen-bond acceptors (Lipinski definition) is 4. The number of fused-ring (bicyclic) bond motifs is 3. The molecule has 3 aromatic rings. The minimum atomic E-state index is -1.09. The fourth-order valence-corrected chi connectivity index (χ4v) is 4.56. The second-order valence-corrected chi connectivity index (χ2v) is 8.66. The molecule has 1 aliphatic carbocycles. The van der Waals surface area contributed by atoms with Crippen LogP contribution in [-0.2, 0) is 9.53 Å². The number of ether oxygens (including phenoxy) is 1. The average molecular weight is 473 g/mol. The molecule has 35 heavy (non-hydrogen) atoms. The Bertz CT molecular complexity index is 1210. The number of carboxylic acid groups (broad SMARTS) is 1. The fraction of sp³-hybridized carbons (Fsp3) is 0.250. The smallest absolute Gasteiger partial charge is 0.407 e. The van der Waals surface area contributed by atoms with Crippen molar-refractivity contribution in [2.24, 2.45) is 5.92 Å². The first-order chi connectivity index (χ1) is 16.9. The van der Waals surface area contributed by atoms with Crippen LogP contribution in [0.4, 0.5) is 10.5 Å². The maximum Gasteiger partial charge on any atom is 0.407 e. The van der Waals surface area contributed by atoms with Gasteiger partial charge in [0.05, 0.1) is 11.3 Å². The molecule has 0 spiro atoms. The van der Waals surface area contributed by atoms with Gasteiger partial charge in [0.1, 0.15) is 6.61 Å². The lowest BCUT2D eigenvalue weighted by Crippen LogP contribution is -2.35. The minimum absolute atomic E-state index is 0.0170. The molecule has 2 N–H and O–H groups in total. The number of amides is 2. The van der Waals surface area contributed by atoms with Crippen molar-refractivity contribution in [3.63, 3.8) is 0 Å². The third-order valence-electron chi connectivity index (χ3n) is 6.44. The quantitative estimate of drug-likeness (QED) is 0.486. The lowest BCUT2D eigenvalue weighted by Gasteiger charge is -2.23. The van der Waals surface area contributed by atoms with Crippen LogP contribution in [-0.4, -0.2) is 43.3 Å². The number of anilines is 1. The van der Waals surface area contributed by atoms with Gasteiger partial charge in [0.25, 0.3) is 0 Å². The standard InChI is InChI=1S/C28H28N2O5/c1-18(26(31)30(2)25-14-8-7-13-23(25)27(32)33)15-16-29-28(34)35-17-24-21-11-5-3-9-19(21)20-10-4-6-12-22(20)24/h3-14,18,24H,15-17H2,1-2H3,(H,29,34)(H,32,33). The van der Waals surface area contributed by atoms with Crippen molar-refractivity contribution < 1.29 is 24.2 Å². The molecule has 7 heteroatoms. The summed E-state index contributed by atoms with van der Waals surface area (Å²) in [5.41, 5.74) is 5.01. The van der Waals surface area contributed by atoms with Crippen LogP contribution in [0, 0.1) is 5.92 Å². The van der Waals surface area contributed by atoms with Gasteiger partial charge in [-0.05, 0) is 40.8 Å². The van der Waals surface area contributed by atoms with E-state index < -0.39 is 18.0 Å². The van der Waals surface area contributed by atoms with E-state index in [2.05, 4.69) is 29.6 Å². The van der Waals surface area contributed by atoms with Crippen LogP contribution >= 0.6 is 0 Å². The Balaban J connectivity index is 1.29. The Morgan fingerprint density at radius 1 is 0.943 bits per heavy atom. The summed E-state index contributed by atoms with van der Waals surface area (Å²) >= 11 is 0. The Labute approximate surface area is 204 Å². The summed E-state index contributed by atoms with van der Waals surface area (Å²) in [6.07, 6.45) is -0.140. The third-order valence-corrected chi connectivity index (χ3v) is 6.44. The highest BCUT2D eigenvalue weighted by atomic mass is 16.5. The Morgan fingerprint density at radius 3 is 2.14 bits per heavy atom.